The normalized spacial score (nSPS) is 10.5. The fraction of sp³-hybridized carbons (Fsp3) is 0.200. The van der Waals surface area contributed by atoms with Crippen LogP contribution in [0.15, 0.2) is 35.1 Å². The van der Waals surface area contributed by atoms with Crippen molar-refractivity contribution in [1.82, 2.24) is 20.5 Å². The lowest BCUT2D eigenvalue weighted by Crippen LogP contribution is -2.13. The largest absolute Gasteiger partial charge is 0.306 e. The zero-order valence-corrected chi connectivity index (χ0v) is 9.66. The lowest BCUT2D eigenvalue weighted by molar-refractivity contribution is 0.665. The molecule has 0 saturated carbocycles. The van der Waals surface area contributed by atoms with Gasteiger partial charge >= 0.3 is 0 Å². The molecule has 1 aromatic carbocycles. The maximum absolute atomic E-state index is 4.02. The molecule has 1 aromatic heterocycles. The van der Waals surface area contributed by atoms with Crippen LogP contribution in [-0.4, -0.2) is 15.2 Å². The van der Waals surface area contributed by atoms with Crippen LogP contribution in [0, 0.1) is 0 Å². The number of benzene rings is 1. The van der Waals surface area contributed by atoms with Gasteiger partial charge in [-0.05, 0) is 17.7 Å². The van der Waals surface area contributed by atoms with E-state index < -0.39 is 0 Å². The van der Waals surface area contributed by atoms with Crippen LogP contribution in [0.4, 0.5) is 0 Å². The lowest BCUT2D eigenvalue weighted by atomic mass is 10.2. The van der Waals surface area contributed by atoms with Gasteiger partial charge in [-0.2, -0.15) is 5.10 Å². The topological polar surface area (TPSA) is 53.6 Å². The molecule has 0 aliphatic carbocycles. The second-order valence-corrected chi connectivity index (χ2v) is 4.08. The Bertz CT molecular complexity index is 396. The molecular formula is C10H11BrN4. The average molecular weight is 267 g/mol. The van der Waals surface area contributed by atoms with Gasteiger partial charge in [-0.1, -0.05) is 28.1 Å². The number of aromatic nitrogens is 3. The molecule has 0 fully saturated rings. The maximum atomic E-state index is 4.02. The third-order valence-electron chi connectivity index (χ3n) is 2.00. The van der Waals surface area contributed by atoms with Gasteiger partial charge in [0.2, 0.25) is 0 Å². The number of halogens is 1. The summed E-state index contributed by atoms with van der Waals surface area (Å²) >= 11 is 3.40. The summed E-state index contributed by atoms with van der Waals surface area (Å²) in [5.41, 5.74) is 1.25. The SMILES string of the molecule is Brc1ccc(CNCc2ncn[nH]2)cc1. The Morgan fingerprint density at radius 2 is 2.00 bits per heavy atom. The second-order valence-electron chi connectivity index (χ2n) is 3.16. The highest BCUT2D eigenvalue weighted by Gasteiger charge is 1.95. The minimum absolute atomic E-state index is 0.704. The molecule has 0 atom stereocenters. The van der Waals surface area contributed by atoms with E-state index in [0.29, 0.717) is 6.54 Å². The monoisotopic (exact) mass is 266 g/mol. The first kappa shape index (κ1) is 10.3. The maximum Gasteiger partial charge on any atom is 0.138 e. The van der Waals surface area contributed by atoms with E-state index >= 15 is 0 Å². The number of rotatable bonds is 4. The number of hydrogen-bond donors (Lipinski definition) is 2. The summed E-state index contributed by atoms with van der Waals surface area (Å²) in [4.78, 5) is 4.02. The summed E-state index contributed by atoms with van der Waals surface area (Å²) in [6, 6.07) is 8.23. The number of nitrogens with one attached hydrogen (secondary N) is 2. The van der Waals surface area contributed by atoms with Gasteiger partial charge in [-0.15, -0.1) is 0 Å². The Balaban J connectivity index is 1.81. The minimum Gasteiger partial charge on any atom is -0.306 e. The van der Waals surface area contributed by atoms with Gasteiger partial charge in [-0.25, -0.2) is 4.98 Å². The quantitative estimate of drug-likeness (QED) is 0.889. The Kier molecular flexibility index (Phi) is 3.47. The van der Waals surface area contributed by atoms with E-state index in [0.717, 1.165) is 16.8 Å². The molecule has 0 aliphatic heterocycles. The van der Waals surface area contributed by atoms with Crippen molar-refractivity contribution >= 4 is 15.9 Å². The van der Waals surface area contributed by atoms with Crippen LogP contribution in [0.3, 0.4) is 0 Å². The van der Waals surface area contributed by atoms with Gasteiger partial charge in [0.25, 0.3) is 0 Å². The van der Waals surface area contributed by atoms with Crippen molar-refractivity contribution in [3.63, 3.8) is 0 Å². The van der Waals surface area contributed by atoms with Crippen LogP contribution < -0.4 is 5.32 Å². The van der Waals surface area contributed by atoms with Crippen LogP contribution in [-0.2, 0) is 13.1 Å². The van der Waals surface area contributed by atoms with E-state index in [4.69, 9.17) is 0 Å². The summed E-state index contributed by atoms with van der Waals surface area (Å²) in [7, 11) is 0. The number of nitrogens with zero attached hydrogens (tertiary/aromatic N) is 2. The molecule has 0 radical (unpaired) electrons. The van der Waals surface area contributed by atoms with Gasteiger partial charge in [0.1, 0.15) is 12.2 Å². The van der Waals surface area contributed by atoms with Gasteiger partial charge in [0.15, 0.2) is 0 Å². The highest BCUT2D eigenvalue weighted by Crippen LogP contribution is 2.10. The van der Waals surface area contributed by atoms with Gasteiger partial charge in [0, 0.05) is 11.0 Å². The highest BCUT2D eigenvalue weighted by molar-refractivity contribution is 9.10. The first-order valence-corrected chi connectivity index (χ1v) is 5.43. The predicted molar refractivity (Wildman–Crippen MR) is 61.1 cm³/mol. The average Bonchev–Trinajstić information content (AvgIpc) is 2.74. The zero-order chi connectivity index (χ0) is 10.5. The van der Waals surface area contributed by atoms with Gasteiger partial charge in [-0.3, -0.25) is 5.10 Å². The van der Waals surface area contributed by atoms with Crippen molar-refractivity contribution in [3.05, 3.63) is 46.5 Å². The molecule has 0 unspecified atom stereocenters. The molecule has 5 heteroatoms. The fourth-order valence-corrected chi connectivity index (χ4v) is 1.51. The van der Waals surface area contributed by atoms with E-state index in [-0.39, 0.29) is 0 Å². The van der Waals surface area contributed by atoms with E-state index in [1.54, 1.807) is 0 Å². The summed E-state index contributed by atoms with van der Waals surface area (Å²) in [6.07, 6.45) is 1.51. The van der Waals surface area contributed by atoms with E-state index in [1.165, 1.54) is 11.9 Å². The molecule has 78 valence electrons. The van der Waals surface area contributed by atoms with Crippen molar-refractivity contribution in [2.45, 2.75) is 13.1 Å². The molecule has 0 amide bonds. The summed E-state index contributed by atoms with van der Waals surface area (Å²) < 4.78 is 1.10. The Hall–Kier alpha value is -1.20. The minimum atomic E-state index is 0.704. The van der Waals surface area contributed by atoms with Crippen LogP contribution in [0.5, 0.6) is 0 Å². The van der Waals surface area contributed by atoms with E-state index in [9.17, 15) is 0 Å². The van der Waals surface area contributed by atoms with Crippen LogP contribution in [0.25, 0.3) is 0 Å². The van der Waals surface area contributed by atoms with E-state index in [2.05, 4.69) is 48.6 Å². The first-order valence-electron chi connectivity index (χ1n) is 4.64. The van der Waals surface area contributed by atoms with Gasteiger partial charge in [0.05, 0.1) is 6.54 Å². The van der Waals surface area contributed by atoms with Crippen LogP contribution in [0.2, 0.25) is 0 Å². The molecule has 0 aliphatic rings. The molecule has 2 N–H and O–H groups in total. The smallest absolute Gasteiger partial charge is 0.138 e. The standard InChI is InChI=1S/C10H11BrN4/c11-9-3-1-8(2-4-9)5-12-6-10-13-7-14-15-10/h1-4,7,12H,5-6H2,(H,13,14,15). The zero-order valence-electron chi connectivity index (χ0n) is 8.07. The fourth-order valence-electron chi connectivity index (χ4n) is 1.24. The van der Waals surface area contributed by atoms with Crippen molar-refractivity contribution in [1.29, 1.82) is 0 Å². The molecule has 0 bridgehead atoms. The van der Waals surface area contributed by atoms with E-state index in [1.807, 2.05) is 12.1 Å². The predicted octanol–water partition coefficient (Wildman–Crippen LogP) is 1.86. The lowest BCUT2D eigenvalue weighted by Gasteiger charge is -2.02. The first-order chi connectivity index (χ1) is 7.34. The Morgan fingerprint density at radius 1 is 1.20 bits per heavy atom. The molecular weight excluding hydrogens is 256 g/mol. The third-order valence-corrected chi connectivity index (χ3v) is 2.53. The van der Waals surface area contributed by atoms with Crippen molar-refractivity contribution in [2.24, 2.45) is 0 Å². The van der Waals surface area contributed by atoms with Crippen molar-refractivity contribution in [2.75, 3.05) is 0 Å². The molecule has 1 heterocycles. The Labute approximate surface area is 96.3 Å². The van der Waals surface area contributed by atoms with Gasteiger partial charge < -0.3 is 5.32 Å². The molecule has 15 heavy (non-hydrogen) atoms. The third kappa shape index (κ3) is 3.14. The number of aromatic amines is 1. The number of H-pyrrole nitrogens is 1. The molecule has 0 spiro atoms. The summed E-state index contributed by atoms with van der Waals surface area (Å²) in [5, 5.41) is 9.85. The molecule has 4 nitrogen and oxygen atoms in total. The molecule has 2 aromatic rings. The number of hydrogen-bond acceptors (Lipinski definition) is 3. The summed E-state index contributed by atoms with van der Waals surface area (Å²) in [6.45, 7) is 1.53. The molecule has 2 rings (SSSR count). The highest BCUT2D eigenvalue weighted by atomic mass is 79.9. The van der Waals surface area contributed by atoms with Crippen LogP contribution in [0.1, 0.15) is 11.4 Å². The second kappa shape index (κ2) is 5.04. The van der Waals surface area contributed by atoms with Crippen molar-refractivity contribution in [3.8, 4) is 0 Å². The van der Waals surface area contributed by atoms with Crippen molar-refractivity contribution < 1.29 is 0 Å². The Morgan fingerprint density at radius 3 is 2.67 bits per heavy atom. The summed E-state index contributed by atoms with van der Waals surface area (Å²) in [5.74, 6) is 0.854. The van der Waals surface area contributed by atoms with Crippen LogP contribution >= 0.6 is 15.9 Å². The molecule has 0 saturated heterocycles.